The first-order valence-corrected chi connectivity index (χ1v) is 6.09. The van der Waals surface area contributed by atoms with Crippen LogP contribution in [-0.2, 0) is 0 Å². The highest BCUT2D eigenvalue weighted by molar-refractivity contribution is 7.11. The summed E-state index contributed by atoms with van der Waals surface area (Å²) in [6.07, 6.45) is 0. The maximum atomic E-state index is 12.9. The van der Waals surface area contributed by atoms with E-state index in [-0.39, 0.29) is 22.0 Å². The van der Waals surface area contributed by atoms with Crippen molar-refractivity contribution in [2.24, 2.45) is 0 Å². The number of nitrogens with one attached hydrogen (secondary N) is 1. The van der Waals surface area contributed by atoms with Gasteiger partial charge in [0.25, 0.3) is 5.91 Å². The third kappa shape index (κ3) is 2.78. The van der Waals surface area contributed by atoms with Crippen molar-refractivity contribution in [1.29, 1.82) is 5.26 Å². The van der Waals surface area contributed by atoms with Crippen LogP contribution in [0.2, 0.25) is 0 Å². The summed E-state index contributed by atoms with van der Waals surface area (Å²) >= 11 is 0.812. The molecular weight excluding hydrogens is 285 g/mol. The molecule has 2 N–H and O–H groups in total. The minimum atomic E-state index is -1.23. The van der Waals surface area contributed by atoms with Crippen LogP contribution in [0.1, 0.15) is 25.9 Å². The van der Waals surface area contributed by atoms with Crippen LogP contribution >= 0.6 is 11.3 Å². The number of aromatic carboxylic acids is 1. The minimum absolute atomic E-state index is 0.0352. The largest absolute Gasteiger partial charge is 0.476 e. The van der Waals surface area contributed by atoms with E-state index in [0.717, 1.165) is 23.5 Å². The quantitative estimate of drug-likeness (QED) is 0.901. The monoisotopic (exact) mass is 291 g/mol. The van der Waals surface area contributed by atoms with Gasteiger partial charge in [0.05, 0.1) is 11.3 Å². The smallest absolute Gasteiger partial charge is 0.365 e. The van der Waals surface area contributed by atoms with Crippen molar-refractivity contribution in [3.8, 4) is 6.07 Å². The lowest BCUT2D eigenvalue weighted by Crippen LogP contribution is -2.14. The van der Waals surface area contributed by atoms with Gasteiger partial charge in [-0.05, 0) is 18.2 Å². The number of nitrogens with zero attached hydrogens (tertiary/aromatic N) is 2. The van der Waals surface area contributed by atoms with Gasteiger partial charge < -0.3 is 10.4 Å². The number of hydrogen-bond acceptors (Lipinski definition) is 5. The predicted octanol–water partition coefficient (Wildman–Crippen LogP) is 2.10. The summed E-state index contributed by atoms with van der Waals surface area (Å²) in [4.78, 5) is 26.1. The Morgan fingerprint density at radius 2 is 2.20 bits per heavy atom. The number of anilines is 1. The van der Waals surface area contributed by atoms with Gasteiger partial charge in [0.1, 0.15) is 17.6 Å². The maximum absolute atomic E-state index is 12.9. The first kappa shape index (κ1) is 13.6. The Morgan fingerprint density at radius 1 is 1.45 bits per heavy atom. The number of carbonyl (C=O) groups is 2. The number of carboxylic acid groups (broad SMARTS) is 1. The number of amides is 1. The number of hydrogen-bond donors (Lipinski definition) is 2. The van der Waals surface area contributed by atoms with Gasteiger partial charge in [-0.15, -0.1) is 11.3 Å². The van der Waals surface area contributed by atoms with Crippen LogP contribution in [0.25, 0.3) is 0 Å². The summed E-state index contributed by atoms with van der Waals surface area (Å²) in [6.45, 7) is 0. The summed E-state index contributed by atoms with van der Waals surface area (Å²) in [5, 5.41) is 21.0. The second kappa shape index (κ2) is 5.46. The van der Waals surface area contributed by atoms with Crippen LogP contribution < -0.4 is 5.32 Å². The Bertz CT molecular complexity index is 736. The zero-order chi connectivity index (χ0) is 14.7. The van der Waals surface area contributed by atoms with E-state index in [0.29, 0.717) is 0 Å². The van der Waals surface area contributed by atoms with Crippen molar-refractivity contribution in [3.05, 3.63) is 45.7 Å². The lowest BCUT2D eigenvalue weighted by atomic mass is 10.2. The first-order chi connectivity index (χ1) is 9.51. The fraction of sp³-hybridized carbons (Fsp3) is 0. The molecule has 1 heterocycles. The standard InChI is InChI=1S/C12H6FN3O3S/c13-7-1-2-8(6(3-7)4-14)15-10(17)9-5-20-11(16-9)12(18)19/h1-3,5H,(H,15,17)(H,18,19). The Morgan fingerprint density at radius 3 is 2.80 bits per heavy atom. The average molecular weight is 291 g/mol. The van der Waals surface area contributed by atoms with E-state index in [1.165, 1.54) is 11.4 Å². The second-order valence-corrected chi connectivity index (χ2v) is 4.46. The van der Waals surface area contributed by atoms with Crippen LogP contribution in [0.5, 0.6) is 0 Å². The molecule has 1 aromatic carbocycles. The highest BCUT2D eigenvalue weighted by atomic mass is 32.1. The average Bonchev–Trinajstić information content (AvgIpc) is 2.90. The number of nitriles is 1. The van der Waals surface area contributed by atoms with E-state index >= 15 is 0 Å². The van der Waals surface area contributed by atoms with Crippen molar-refractivity contribution in [1.82, 2.24) is 4.98 Å². The molecule has 0 unspecified atom stereocenters. The number of aromatic nitrogens is 1. The molecule has 0 aliphatic carbocycles. The van der Waals surface area contributed by atoms with E-state index in [1.807, 2.05) is 0 Å². The van der Waals surface area contributed by atoms with Gasteiger partial charge in [-0.3, -0.25) is 4.79 Å². The lowest BCUT2D eigenvalue weighted by Gasteiger charge is -2.05. The normalized spacial score (nSPS) is 9.80. The maximum Gasteiger partial charge on any atom is 0.365 e. The van der Waals surface area contributed by atoms with E-state index in [9.17, 15) is 14.0 Å². The van der Waals surface area contributed by atoms with Crippen molar-refractivity contribution in [2.75, 3.05) is 5.32 Å². The number of benzene rings is 1. The van der Waals surface area contributed by atoms with Gasteiger partial charge in [0.2, 0.25) is 5.01 Å². The highest BCUT2D eigenvalue weighted by Crippen LogP contribution is 2.18. The molecule has 8 heteroatoms. The molecule has 2 rings (SSSR count). The van der Waals surface area contributed by atoms with Crippen LogP contribution in [0, 0.1) is 17.1 Å². The molecule has 6 nitrogen and oxygen atoms in total. The molecule has 2 aromatic rings. The molecule has 0 saturated heterocycles. The SMILES string of the molecule is N#Cc1cc(F)ccc1NC(=O)c1csc(C(=O)O)n1. The van der Waals surface area contributed by atoms with Gasteiger partial charge in [-0.1, -0.05) is 0 Å². The number of halogens is 1. The van der Waals surface area contributed by atoms with Crippen molar-refractivity contribution < 1.29 is 19.1 Å². The second-order valence-electron chi connectivity index (χ2n) is 3.60. The van der Waals surface area contributed by atoms with Gasteiger partial charge in [-0.25, -0.2) is 14.2 Å². The zero-order valence-electron chi connectivity index (χ0n) is 9.75. The van der Waals surface area contributed by atoms with Gasteiger partial charge >= 0.3 is 5.97 Å². The molecule has 0 fully saturated rings. The first-order valence-electron chi connectivity index (χ1n) is 5.21. The molecule has 0 aliphatic heterocycles. The molecule has 0 spiro atoms. The van der Waals surface area contributed by atoms with E-state index < -0.39 is 17.7 Å². The van der Waals surface area contributed by atoms with Crippen LogP contribution in [0.4, 0.5) is 10.1 Å². The van der Waals surface area contributed by atoms with Crippen LogP contribution in [0.15, 0.2) is 23.6 Å². The van der Waals surface area contributed by atoms with Gasteiger partial charge in [0.15, 0.2) is 0 Å². The Hall–Kier alpha value is -2.79. The zero-order valence-corrected chi connectivity index (χ0v) is 10.6. The van der Waals surface area contributed by atoms with Gasteiger partial charge in [-0.2, -0.15) is 5.26 Å². The third-order valence-corrected chi connectivity index (χ3v) is 3.10. The summed E-state index contributed by atoms with van der Waals surface area (Å²) in [5.74, 6) is -2.49. The number of carbonyl (C=O) groups excluding carboxylic acids is 1. The molecule has 1 amide bonds. The van der Waals surface area contributed by atoms with Crippen molar-refractivity contribution in [2.45, 2.75) is 0 Å². The molecular formula is C12H6FN3O3S. The van der Waals surface area contributed by atoms with Crippen molar-refractivity contribution in [3.63, 3.8) is 0 Å². The Labute approximate surface area is 116 Å². The number of thiazole rings is 1. The molecule has 100 valence electrons. The molecule has 20 heavy (non-hydrogen) atoms. The van der Waals surface area contributed by atoms with Crippen LogP contribution in [-0.4, -0.2) is 22.0 Å². The highest BCUT2D eigenvalue weighted by Gasteiger charge is 2.16. The Balaban J connectivity index is 2.23. The third-order valence-electron chi connectivity index (χ3n) is 2.27. The number of carboxylic acids is 1. The van der Waals surface area contributed by atoms with E-state index in [1.54, 1.807) is 6.07 Å². The molecule has 0 aliphatic rings. The van der Waals surface area contributed by atoms with Crippen molar-refractivity contribution >= 4 is 28.9 Å². The minimum Gasteiger partial charge on any atom is -0.476 e. The fourth-order valence-electron chi connectivity index (χ4n) is 1.38. The van der Waals surface area contributed by atoms with E-state index in [2.05, 4.69) is 10.3 Å². The molecule has 0 saturated carbocycles. The predicted molar refractivity (Wildman–Crippen MR) is 68.1 cm³/mol. The molecule has 0 atom stereocenters. The molecule has 1 aromatic heterocycles. The van der Waals surface area contributed by atoms with Gasteiger partial charge in [0, 0.05) is 5.38 Å². The summed E-state index contributed by atoms with van der Waals surface area (Å²) in [6, 6.07) is 5.08. The summed E-state index contributed by atoms with van der Waals surface area (Å²) in [7, 11) is 0. The molecule has 0 radical (unpaired) electrons. The summed E-state index contributed by atoms with van der Waals surface area (Å²) in [5.41, 5.74) is 0.0106. The Kier molecular flexibility index (Phi) is 3.72. The summed E-state index contributed by atoms with van der Waals surface area (Å²) < 4.78 is 12.9. The van der Waals surface area contributed by atoms with E-state index in [4.69, 9.17) is 10.4 Å². The topological polar surface area (TPSA) is 103 Å². The number of rotatable bonds is 3. The lowest BCUT2D eigenvalue weighted by molar-refractivity contribution is 0.0696. The molecule has 0 bridgehead atoms. The fourth-order valence-corrected chi connectivity index (χ4v) is 2.02. The van der Waals surface area contributed by atoms with Crippen LogP contribution in [0.3, 0.4) is 0 Å².